The average molecular weight is 359 g/mol. The molecule has 1 fully saturated rings. The Bertz CT molecular complexity index is 732. The first-order chi connectivity index (χ1) is 10.5. The molecule has 0 radical (unpaired) electrons. The molecule has 2 aromatic rings. The van der Waals surface area contributed by atoms with Gasteiger partial charge in [-0.1, -0.05) is 58.4 Å². The van der Waals surface area contributed by atoms with Crippen molar-refractivity contribution < 1.29 is 9.59 Å². The summed E-state index contributed by atoms with van der Waals surface area (Å²) in [5.74, 6) is -0.237. The number of halogens is 1. The van der Waals surface area contributed by atoms with Gasteiger partial charge in [0.2, 0.25) is 0 Å². The lowest BCUT2D eigenvalue weighted by Crippen LogP contribution is -2.40. The number of nitrogens with one attached hydrogen (secondary N) is 1. The Kier molecular flexibility index (Phi) is 3.74. The Morgan fingerprint density at radius 1 is 1.09 bits per heavy atom. The SMILES string of the molecule is C[C@]1(c2cccc(Br)c2)NC(=O)N(Cc2ccccc2)C1=O. The van der Waals surface area contributed by atoms with Gasteiger partial charge >= 0.3 is 6.03 Å². The molecule has 1 saturated heterocycles. The molecule has 112 valence electrons. The monoisotopic (exact) mass is 358 g/mol. The number of urea groups is 1. The second-order valence-electron chi connectivity index (χ2n) is 5.44. The van der Waals surface area contributed by atoms with Crippen molar-refractivity contribution in [2.24, 2.45) is 0 Å². The molecule has 1 N–H and O–H groups in total. The molecule has 4 nitrogen and oxygen atoms in total. The largest absolute Gasteiger partial charge is 0.325 e. The van der Waals surface area contributed by atoms with Gasteiger partial charge in [-0.3, -0.25) is 9.69 Å². The van der Waals surface area contributed by atoms with E-state index in [1.807, 2.05) is 54.6 Å². The standard InChI is InChI=1S/C17H15BrN2O2/c1-17(13-8-5-9-14(18)10-13)15(21)20(16(22)19-17)11-12-6-3-2-4-7-12/h2-10H,11H2,1H3,(H,19,22)/t17-/m1/s1. The Hall–Kier alpha value is -2.14. The maximum atomic E-state index is 12.8. The minimum Gasteiger partial charge on any atom is -0.319 e. The highest BCUT2D eigenvalue weighted by atomic mass is 79.9. The molecule has 1 heterocycles. The molecule has 0 saturated carbocycles. The van der Waals surface area contributed by atoms with Gasteiger partial charge in [0, 0.05) is 4.47 Å². The summed E-state index contributed by atoms with van der Waals surface area (Å²) in [6.45, 7) is 2.01. The minimum absolute atomic E-state index is 0.237. The van der Waals surface area contributed by atoms with Crippen molar-refractivity contribution in [3.63, 3.8) is 0 Å². The van der Waals surface area contributed by atoms with E-state index >= 15 is 0 Å². The molecule has 0 unspecified atom stereocenters. The van der Waals surface area contributed by atoms with Crippen molar-refractivity contribution in [3.05, 3.63) is 70.2 Å². The van der Waals surface area contributed by atoms with Gasteiger partial charge in [-0.15, -0.1) is 0 Å². The van der Waals surface area contributed by atoms with E-state index < -0.39 is 5.54 Å². The van der Waals surface area contributed by atoms with Gasteiger partial charge in [0.1, 0.15) is 5.54 Å². The van der Waals surface area contributed by atoms with E-state index in [2.05, 4.69) is 21.2 Å². The molecule has 0 aliphatic carbocycles. The van der Waals surface area contributed by atoms with Gasteiger partial charge in [-0.2, -0.15) is 0 Å². The highest BCUT2D eigenvalue weighted by molar-refractivity contribution is 9.10. The van der Waals surface area contributed by atoms with Crippen LogP contribution >= 0.6 is 15.9 Å². The second-order valence-corrected chi connectivity index (χ2v) is 6.36. The fourth-order valence-corrected chi connectivity index (χ4v) is 3.00. The zero-order valence-corrected chi connectivity index (χ0v) is 13.6. The van der Waals surface area contributed by atoms with E-state index in [0.717, 1.165) is 15.6 Å². The molecule has 0 bridgehead atoms. The summed E-state index contributed by atoms with van der Waals surface area (Å²) >= 11 is 3.40. The van der Waals surface area contributed by atoms with Crippen LogP contribution in [-0.4, -0.2) is 16.8 Å². The second kappa shape index (κ2) is 5.57. The van der Waals surface area contributed by atoms with Crippen molar-refractivity contribution in [3.8, 4) is 0 Å². The van der Waals surface area contributed by atoms with E-state index in [1.54, 1.807) is 6.92 Å². The van der Waals surface area contributed by atoms with Gasteiger partial charge in [0.15, 0.2) is 0 Å². The van der Waals surface area contributed by atoms with Crippen LogP contribution in [0.15, 0.2) is 59.1 Å². The lowest BCUT2D eigenvalue weighted by atomic mass is 9.92. The molecule has 2 aromatic carbocycles. The summed E-state index contributed by atoms with van der Waals surface area (Å²) in [4.78, 5) is 26.3. The van der Waals surface area contributed by atoms with Crippen LogP contribution in [0.3, 0.4) is 0 Å². The molecule has 1 atom stereocenters. The smallest absolute Gasteiger partial charge is 0.319 e. The van der Waals surface area contributed by atoms with Crippen molar-refractivity contribution in [2.45, 2.75) is 19.0 Å². The van der Waals surface area contributed by atoms with Crippen LogP contribution < -0.4 is 5.32 Å². The van der Waals surface area contributed by atoms with Gasteiger partial charge in [-0.05, 0) is 30.2 Å². The average Bonchev–Trinajstić information content (AvgIpc) is 2.73. The number of hydrogen-bond acceptors (Lipinski definition) is 2. The third-order valence-corrected chi connectivity index (χ3v) is 4.35. The molecule has 5 heteroatoms. The zero-order chi connectivity index (χ0) is 15.7. The van der Waals surface area contributed by atoms with E-state index in [9.17, 15) is 9.59 Å². The van der Waals surface area contributed by atoms with E-state index in [4.69, 9.17) is 0 Å². The third kappa shape index (κ3) is 2.52. The number of benzene rings is 2. The molecule has 22 heavy (non-hydrogen) atoms. The van der Waals surface area contributed by atoms with Crippen molar-refractivity contribution in [1.29, 1.82) is 0 Å². The molecule has 1 aliphatic rings. The summed E-state index contributed by atoms with van der Waals surface area (Å²) in [5, 5.41) is 2.81. The highest BCUT2D eigenvalue weighted by Crippen LogP contribution is 2.31. The maximum Gasteiger partial charge on any atom is 0.325 e. The number of hydrogen-bond donors (Lipinski definition) is 1. The molecule has 3 rings (SSSR count). The predicted molar refractivity (Wildman–Crippen MR) is 87.0 cm³/mol. The Labute approximate surface area is 137 Å². The van der Waals surface area contributed by atoms with E-state index in [1.165, 1.54) is 4.90 Å². The first-order valence-corrected chi connectivity index (χ1v) is 7.74. The Morgan fingerprint density at radius 2 is 1.82 bits per heavy atom. The summed E-state index contributed by atoms with van der Waals surface area (Å²) < 4.78 is 0.870. The number of nitrogens with zero attached hydrogens (tertiary/aromatic N) is 1. The molecule has 3 amide bonds. The van der Waals surface area contributed by atoms with Crippen molar-refractivity contribution >= 4 is 27.9 Å². The highest BCUT2D eigenvalue weighted by Gasteiger charge is 2.48. The molecular weight excluding hydrogens is 344 g/mol. The van der Waals surface area contributed by atoms with Gasteiger partial charge in [-0.25, -0.2) is 4.79 Å². The molecular formula is C17H15BrN2O2. The molecule has 0 aromatic heterocycles. The van der Waals surface area contributed by atoms with E-state index in [-0.39, 0.29) is 18.5 Å². The van der Waals surface area contributed by atoms with Crippen molar-refractivity contribution in [1.82, 2.24) is 10.2 Å². The number of carbonyl (C=O) groups excluding carboxylic acids is 2. The third-order valence-electron chi connectivity index (χ3n) is 3.86. The first kappa shape index (κ1) is 14.8. The number of imide groups is 1. The van der Waals surface area contributed by atoms with Gasteiger partial charge in [0.25, 0.3) is 5.91 Å². The fourth-order valence-electron chi connectivity index (χ4n) is 2.60. The van der Waals surface area contributed by atoms with Crippen molar-refractivity contribution in [2.75, 3.05) is 0 Å². The molecule has 0 spiro atoms. The topological polar surface area (TPSA) is 49.4 Å². The number of carbonyl (C=O) groups is 2. The molecule has 1 aliphatic heterocycles. The Morgan fingerprint density at radius 3 is 2.50 bits per heavy atom. The quantitative estimate of drug-likeness (QED) is 0.854. The number of amides is 3. The van der Waals surface area contributed by atoms with E-state index in [0.29, 0.717) is 0 Å². The zero-order valence-electron chi connectivity index (χ0n) is 12.0. The summed E-state index contributed by atoms with van der Waals surface area (Å²) in [6.07, 6.45) is 0. The fraction of sp³-hybridized carbons (Fsp3) is 0.176. The lowest BCUT2D eigenvalue weighted by Gasteiger charge is -2.22. The predicted octanol–water partition coefficient (Wildman–Crippen LogP) is 3.42. The first-order valence-electron chi connectivity index (χ1n) is 6.95. The maximum absolute atomic E-state index is 12.8. The van der Waals surface area contributed by atoms with Crippen LogP contribution in [0, 0.1) is 0 Å². The van der Waals surface area contributed by atoms with Crippen LogP contribution in [0.4, 0.5) is 4.79 Å². The van der Waals surface area contributed by atoms with Gasteiger partial charge < -0.3 is 5.32 Å². The van der Waals surface area contributed by atoms with Crippen LogP contribution in [0.5, 0.6) is 0 Å². The van der Waals surface area contributed by atoms with Gasteiger partial charge in [0.05, 0.1) is 6.54 Å². The summed E-state index contributed by atoms with van der Waals surface area (Å²) in [6, 6.07) is 16.5. The number of rotatable bonds is 3. The lowest BCUT2D eigenvalue weighted by molar-refractivity contribution is -0.131. The van der Waals surface area contributed by atoms with Crippen LogP contribution in [0.25, 0.3) is 0 Å². The van der Waals surface area contributed by atoms with Crippen LogP contribution in [-0.2, 0) is 16.9 Å². The van der Waals surface area contributed by atoms with Crippen LogP contribution in [0.2, 0.25) is 0 Å². The van der Waals surface area contributed by atoms with Crippen LogP contribution in [0.1, 0.15) is 18.1 Å². The normalized spacial score (nSPS) is 21.1. The minimum atomic E-state index is -1.03. The Balaban J connectivity index is 1.91. The summed E-state index contributed by atoms with van der Waals surface area (Å²) in [5.41, 5.74) is 0.649. The summed E-state index contributed by atoms with van der Waals surface area (Å²) in [7, 11) is 0.